The van der Waals surface area contributed by atoms with Crippen molar-refractivity contribution in [1.82, 2.24) is 9.97 Å². The number of sulfonamides is 1. The van der Waals surface area contributed by atoms with Crippen molar-refractivity contribution >= 4 is 38.3 Å². The van der Waals surface area contributed by atoms with Crippen LogP contribution >= 0.6 is 11.6 Å². The number of fused-ring (bicyclic) bond motifs is 1. The molecule has 176 valence electrons. The highest BCUT2D eigenvalue weighted by atomic mass is 35.5. The number of hydrogen-bond acceptors (Lipinski definition) is 5. The summed E-state index contributed by atoms with van der Waals surface area (Å²) in [6.07, 6.45) is 0. The summed E-state index contributed by atoms with van der Waals surface area (Å²) in [5.74, 6) is -2.35. The van der Waals surface area contributed by atoms with Crippen molar-refractivity contribution in [2.45, 2.75) is 11.8 Å². The van der Waals surface area contributed by atoms with Crippen LogP contribution in [0.3, 0.4) is 0 Å². The van der Waals surface area contributed by atoms with Crippen LogP contribution in [0.25, 0.3) is 22.2 Å². The highest BCUT2D eigenvalue weighted by Crippen LogP contribution is 2.35. The predicted molar refractivity (Wildman–Crippen MR) is 124 cm³/mol. The number of aromatic amines is 2. The molecule has 4 rings (SSSR count). The lowest BCUT2D eigenvalue weighted by Crippen LogP contribution is -2.29. The third kappa shape index (κ3) is 4.27. The van der Waals surface area contributed by atoms with E-state index < -0.39 is 38.5 Å². The Labute approximate surface area is 196 Å². The fourth-order valence-corrected chi connectivity index (χ4v) is 5.07. The van der Waals surface area contributed by atoms with E-state index in [0.29, 0.717) is 5.56 Å². The Morgan fingerprint density at radius 1 is 0.941 bits per heavy atom. The third-order valence-electron chi connectivity index (χ3n) is 5.04. The van der Waals surface area contributed by atoms with Gasteiger partial charge in [-0.05, 0) is 54.4 Å². The molecular formula is C22H16ClF2N3O5S. The van der Waals surface area contributed by atoms with Gasteiger partial charge in [-0.3, -0.25) is 14.3 Å². The van der Waals surface area contributed by atoms with Crippen molar-refractivity contribution in [2.75, 3.05) is 11.8 Å². The topological polar surface area (TPSA) is 121 Å². The van der Waals surface area contributed by atoms with Gasteiger partial charge in [0, 0.05) is 5.56 Å². The molecule has 0 unspecified atom stereocenters. The molecule has 0 saturated carbocycles. The molecule has 0 atom stereocenters. The number of hydrogen-bond donors (Lipinski definition) is 3. The highest BCUT2D eigenvalue weighted by molar-refractivity contribution is 7.92. The lowest BCUT2D eigenvalue weighted by molar-refractivity contribution is 0.360. The second kappa shape index (κ2) is 8.58. The van der Waals surface area contributed by atoms with Gasteiger partial charge in [0.25, 0.3) is 10.0 Å². The number of methoxy groups -OCH3 is 1. The second-order valence-electron chi connectivity index (χ2n) is 7.34. The molecule has 0 aliphatic rings. The van der Waals surface area contributed by atoms with Crippen molar-refractivity contribution in [2.24, 2.45) is 0 Å². The fourth-order valence-electron chi connectivity index (χ4n) is 3.48. The second-order valence-corrected chi connectivity index (χ2v) is 9.40. The van der Waals surface area contributed by atoms with Crippen LogP contribution in [0.5, 0.6) is 5.75 Å². The minimum atomic E-state index is -4.13. The summed E-state index contributed by atoms with van der Waals surface area (Å²) in [5, 5.41) is 0.0429. The van der Waals surface area contributed by atoms with E-state index >= 15 is 0 Å². The van der Waals surface area contributed by atoms with Gasteiger partial charge in [-0.15, -0.1) is 0 Å². The van der Waals surface area contributed by atoms with Gasteiger partial charge in [0.05, 0.1) is 33.7 Å². The molecule has 3 N–H and O–H groups in total. The molecule has 0 aliphatic carbocycles. The zero-order chi connectivity index (χ0) is 24.8. The number of rotatable bonds is 5. The van der Waals surface area contributed by atoms with Gasteiger partial charge in [-0.25, -0.2) is 17.2 Å². The van der Waals surface area contributed by atoms with Gasteiger partial charge in [-0.2, -0.15) is 0 Å². The largest absolute Gasteiger partial charge is 0.491 e. The van der Waals surface area contributed by atoms with E-state index in [1.807, 2.05) is 0 Å². The van der Waals surface area contributed by atoms with Crippen LogP contribution in [0.4, 0.5) is 14.5 Å². The molecule has 0 saturated heterocycles. The summed E-state index contributed by atoms with van der Waals surface area (Å²) >= 11 is 6.27. The first kappa shape index (κ1) is 23.5. The van der Waals surface area contributed by atoms with E-state index in [1.165, 1.54) is 37.3 Å². The molecule has 0 fully saturated rings. The first-order chi connectivity index (χ1) is 16.0. The maximum absolute atomic E-state index is 14.1. The summed E-state index contributed by atoms with van der Waals surface area (Å²) < 4.78 is 61.2. The maximum atomic E-state index is 14.1. The van der Waals surface area contributed by atoms with Crippen molar-refractivity contribution in [3.05, 3.63) is 85.4 Å². The van der Waals surface area contributed by atoms with Gasteiger partial charge in [0.2, 0.25) is 0 Å². The maximum Gasteiger partial charge on any atom is 0.314 e. The highest BCUT2D eigenvalue weighted by Gasteiger charge is 2.20. The normalized spacial score (nSPS) is 11.6. The molecular weight excluding hydrogens is 492 g/mol. The van der Waals surface area contributed by atoms with Gasteiger partial charge in [-0.1, -0.05) is 17.7 Å². The molecule has 0 amide bonds. The van der Waals surface area contributed by atoms with Gasteiger partial charge < -0.3 is 14.7 Å². The monoisotopic (exact) mass is 507 g/mol. The van der Waals surface area contributed by atoms with Gasteiger partial charge in [0.15, 0.2) is 17.4 Å². The summed E-state index contributed by atoms with van der Waals surface area (Å²) in [7, 11) is -2.99. The third-order valence-corrected chi connectivity index (χ3v) is 6.88. The Hall–Kier alpha value is -3.70. The molecule has 12 heteroatoms. The van der Waals surface area contributed by atoms with Gasteiger partial charge in [0.1, 0.15) is 0 Å². The van der Waals surface area contributed by atoms with E-state index in [2.05, 4.69) is 19.4 Å². The molecule has 34 heavy (non-hydrogen) atoms. The number of anilines is 1. The number of H-pyrrole nitrogens is 2. The molecule has 1 heterocycles. The van der Waals surface area contributed by atoms with Crippen LogP contribution < -0.4 is 20.6 Å². The summed E-state index contributed by atoms with van der Waals surface area (Å²) in [4.78, 5) is 27.7. The number of aryl methyl sites for hydroxylation is 1. The molecule has 4 aromatic rings. The van der Waals surface area contributed by atoms with Crippen LogP contribution in [0, 0.1) is 18.6 Å². The quantitative estimate of drug-likeness (QED) is 0.353. The number of ether oxygens (including phenoxy) is 1. The summed E-state index contributed by atoms with van der Waals surface area (Å²) in [6.45, 7) is 1.53. The lowest BCUT2D eigenvalue weighted by Gasteiger charge is -2.13. The number of nitrogens with one attached hydrogen (secondary N) is 3. The van der Waals surface area contributed by atoms with Crippen LogP contribution in [0.15, 0.2) is 56.9 Å². The Kier molecular flexibility index (Phi) is 5.92. The van der Waals surface area contributed by atoms with Crippen molar-refractivity contribution < 1.29 is 21.9 Å². The summed E-state index contributed by atoms with van der Waals surface area (Å²) in [5.41, 5.74) is -0.549. The Bertz CT molecular complexity index is 1660. The molecule has 3 aromatic carbocycles. The smallest absolute Gasteiger partial charge is 0.314 e. The summed E-state index contributed by atoms with van der Waals surface area (Å²) in [6, 6.07) is 8.84. The zero-order valence-corrected chi connectivity index (χ0v) is 19.2. The van der Waals surface area contributed by atoms with Crippen molar-refractivity contribution in [3.63, 3.8) is 0 Å². The van der Waals surface area contributed by atoms with Crippen molar-refractivity contribution in [1.29, 1.82) is 0 Å². The van der Waals surface area contributed by atoms with Crippen molar-refractivity contribution in [3.8, 4) is 16.9 Å². The SMILES string of the molecule is COc1c(F)cc(-c2ccc(NS(=O)(=O)c3cc4[nH]c(=O)c(=O)[nH]c4cc3C)cc2Cl)cc1F. The number of aromatic nitrogens is 2. The minimum Gasteiger partial charge on any atom is -0.491 e. The Balaban J connectivity index is 1.70. The van der Waals surface area contributed by atoms with E-state index in [4.69, 9.17) is 11.6 Å². The molecule has 0 aliphatic heterocycles. The molecule has 1 aromatic heterocycles. The zero-order valence-electron chi connectivity index (χ0n) is 17.6. The minimum absolute atomic E-state index is 0.0429. The first-order valence-electron chi connectivity index (χ1n) is 9.63. The fraction of sp³-hybridized carbons (Fsp3) is 0.0909. The Morgan fingerprint density at radius 2 is 1.53 bits per heavy atom. The number of benzene rings is 3. The lowest BCUT2D eigenvalue weighted by atomic mass is 10.0. The van der Waals surface area contributed by atoms with Crippen LogP contribution in [-0.4, -0.2) is 25.5 Å². The standard InChI is InChI=1S/C22H16ClF2N3O5S/c1-10-5-17-18(27-22(30)21(29)26-17)9-19(10)34(31,32)28-12-3-4-13(14(23)8-12)11-6-15(24)20(33-2)16(25)7-11/h3-9,28H,1-2H3,(H,26,29)(H,27,30). The molecule has 0 radical (unpaired) electrons. The van der Waals surface area contributed by atoms with E-state index in [-0.39, 0.29) is 37.8 Å². The number of halogens is 3. The Morgan fingerprint density at radius 3 is 2.09 bits per heavy atom. The average Bonchev–Trinajstić information content (AvgIpc) is 2.74. The molecule has 8 nitrogen and oxygen atoms in total. The van der Waals surface area contributed by atoms with Crippen LogP contribution in [0.1, 0.15) is 5.56 Å². The van der Waals surface area contributed by atoms with Gasteiger partial charge >= 0.3 is 11.1 Å². The molecule has 0 spiro atoms. The van der Waals surface area contributed by atoms with Crippen LogP contribution in [-0.2, 0) is 10.0 Å². The average molecular weight is 508 g/mol. The first-order valence-corrected chi connectivity index (χ1v) is 11.5. The predicted octanol–water partition coefficient (Wildman–Crippen LogP) is 3.93. The molecule has 0 bridgehead atoms. The van der Waals surface area contributed by atoms with Crippen LogP contribution in [0.2, 0.25) is 5.02 Å². The van der Waals surface area contributed by atoms with E-state index in [0.717, 1.165) is 19.2 Å². The van der Waals surface area contributed by atoms with E-state index in [1.54, 1.807) is 0 Å². The van der Waals surface area contributed by atoms with E-state index in [9.17, 15) is 26.8 Å².